The molecule has 1 aromatic carbocycles. The number of hydrogen-bond donors (Lipinski definition) is 2. The van der Waals surface area contributed by atoms with E-state index in [1.807, 2.05) is 0 Å². The van der Waals surface area contributed by atoms with Crippen molar-refractivity contribution in [2.24, 2.45) is 7.05 Å². The molecule has 0 aliphatic rings. The number of benzene rings is 1. The van der Waals surface area contributed by atoms with Gasteiger partial charge in [0.05, 0.1) is 18.6 Å². The van der Waals surface area contributed by atoms with Crippen LogP contribution >= 0.6 is 11.6 Å². The van der Waals surface area contributed by atoms with Crippen LogP contribution in [0.5, 0.6) is 0 Å². The lowest BCUT2D eigenvalue weighted by atomic mass is 10.1. The molecule has 108 valence electrons. The molecule has 5 nitrogen and oxygen atoms in total. The number of nitrogens with one attached hydrogen (secondary N) is 1. The van der Waals surface area contributed by atoms with Crippen LogP contribution in [-0.4, -0.2) is 27.2 Å². The third-order valence-corrected chi connectivity index (χ3v) is 2.86. The Kier molecular flexibility index (Phi) is 4.99. The van der Waals surface area contributed by atoms with E-state index in [9.17, 15) is 4.79 Å². The van der Waals surface area contributed by atoms with Crippen molar-refractivity contribution in [3.63, 3.8) is 0 Å². The summed E-state index contributed by atoms with van der Waals surface area (Å²) in [6.45, 7) is -0.00375. The maximum absolute atomic E-state index is 12.1. The quantitative estimate of drug-likeness (QED) is 0.853. The van der Waals surface area contributed by atoms with Gasteiger partial charge < -0.3 is 15.0 Å². The van der Waals surface area contributed by atoms with E-state index in [1.165, 1.54) is 0 Å². The highest BCUT2D eigenvalue weighted by atomic mass is 35.5. The SMILES string of the molecule is Cn1cnc(C(=O)Nc2cc(Cl)ccc2C#CCCO)c1. The number of imidazole rings is 1. The number of carbonyl (C=O) groups excluding carboxylic acids is 1. The lowest BCUT2D eigenvalue weighted by molar-refractivity contribution is 0.102. The molecular weight excluding hydrogens is 290 g/mol. The molecule has 2 rings (SSSR count). The van der Waals surface area contributed by atoms with E-state index >= 15 is 0 Å². The maximum atomic E-state index is 12.1. The average molecular weight is 304 g/mol. The highest BCUT2D eigenvalue weighted by molar-refractivity contribution is 6.31. The first-order chi connectivity index (χ1) is 10.1. The second kappa shape index (κ2) is 6.93. The van der Waals surface area contributed by atoms with Crippen molar-refractivity contribution in [1.82, 2.24) is 9.55 Å². The van der Waals surface area contributed by atoms with Gasteiger partial charge >= 0.3 is 0 Å². The topological polar surface area (TPSA) is 67.2 Å². The van der Waals surface area contributed by atoms with Crippen molar-refractivity contribution in [2.45, 2.75) is 6.42 Å². The fourth-order valence-corrected chi connectivity index (χ4v) is 1.83. The number of anilines is 1. The van der Waals surface area contributed by atoms with Gasteiger partial charge in [-0.2, -0.15) is 0 Å². The summed E-state index contributed by atoms with van der Waals surface area (Å²) in [6.07, 6.45) is 3.54. The van der Waals surface area contributed by atoms with Gasteiger partial charge in [-0.15, -0.1) is 0 Å². The third kappa shape index (κ3) is 4.09. The first-order valence-electron chi connectivity index (χ1n) is 6.29. The Hall–Kier alpha value is -2.29. The Labute approximate surface area is 127 Å². The van der Waals surface area contributed by atoms with Crippen LogP contribution in [0.25, 0.3) is 0 Å². The Morgan fingerprint density at radius 1 is 1.52 bits per heavy atom. The zero-order chi connectivity index (χ0) is 15.2. The van der Waals surface area contributed by atoms with Gasteiger partial charge in [0.15, 0.2) is 0 Å². The third-order valence-electron chi connectivity index (χ3n) is 2.63. The second-order valence-corrected chi connectivity index (χ2v) is 4.78. The van der Waals surface area contributed by atoms with Crippen molar-refractivity contribution >= 4 is 23.2 Å². The van der Waals surface area contributed by atoms with E-state index in [2.05, 4.69) is 22.1 Å². The minimum absolute atomic E-state index is 0.00375. The van der Waals surface area contributed by atoms with Gasteiger partial charge in [-0.05, 0) is 18.2 Å². The molecule has 0 saturated heterocycles. The number of aliphatic hydroxyl groups is 1. The van der Waals surface area contributed by atoms with Gasteiger partial charge in [0.2, 0.25) is 0 Å². The average Bonchev–Trinajstić information content (AvgIpc) is 2.88. The number of aromatic nitrogens is 2. The Balaban J connectivity index is 2.24. The van der Waals surface area contributed by atoms with Gasteiger partial charge in [-0.25, -0.2) is 4.98 Å². The standard InChI is InChI=1S/C15H14ClN3O2/c1-19-9-14(17-10-19)15(21)18-13-8-12(16)6-5-11(13)4-2-3-7-20/h5-6,8-10,20H,3,7H2,1H3,(H,18,21). The number of amides is 1. The van der Waals surface area contributed by atoms with Crippen LogP contribution in [0.1, 0.15) is 22.5 Å². The Bertz CT molecular complexity index is 713. The van der Waals surface area contributed by atoms with E-state index in [-0.39, 0.29) is 12.5 Å². The molecule has 0 atom stereocenters. The summed E-state index contributed by atoms with van der Waals surface area (Å²) in [7, 11) is 1.79. The molecule has 1 aromatic heterocycles. The summed E-state index contributed by atoms with van der Waals surface area (Å²) in [6, 6.07) is 5.05. The van der Waals surface area contributed by atoms with Gasteiger partial charge in [-0.3, -0.25) is 4.79 Å². The number of nitrogens with zero attached hydrogens (tertiary/aromatic N) is 2. The predicted octanol–water partition coefficient (Wildman–Crippen LogP) is 2.06. The fourth-order valence-electron chi connectivity index (χ4n) is 1.66. The molecule has 1 heterocycles. The maximum Gasteiger partial charge on any atom is 0.275 e. The largest absolute Gasteiger partial charge is 0.395 e. The van der Waals surface area contributed by atoms with E-state index in [4.69, 9.17) is 16.7 Å². The van der Waals surface area contributed by atoms with E-state index < -0.39 is 0 Å². The molecule has 6 heteroatoms. The lowest BCUT2D eigenvalue weighted by Gasteiger charge is -2.06. The lowest BCUT2D eigenvalue weighted by Crippen LogP contribution is -2.13. The van der Waals surface area contributed by atoms with Crippen LogP contribution in [0.3, 0.4) is 0 Å². The molecule has 0 bridgehead atoms. The van der Waals surface area contributed by atoms with Crippen molar-refractivity contribution in [3.8, 4) is 11.8 Å². The number of hydrogen-bond acceptors (Lipinski definition) is 3. The number of aryl methyl sites for hydroxylation is 1. The molecule has 1 amide bonds. The summed E-state index contributed by atoms with van der Waals surface area (Å²) in [4.78, 5) is 16.1. The number of halogens is 1. The zero-order valence-electron chi connectivity index (χ0n) is 11.4. The first kappa shape index (κ1) is 15.1. The van der Waals surface area contributed by atoms with Gasteiger partial charge in [0.1, 0.15) is 5.69 Å². The molecule has 0 aliphatic heterocycles. The van der Waals surface area contributed by atoms with E-state index in [0.29, 0.717) is 28.4 Å². The fraction of sp³-hybridized carbons (Fsp3) is 0.200. The number of aliphatic hydroxyl groups excluding tert-OH is 1. The summed E-state index contributed by atoms with van der Waals surface area (Å²) in [5, 5.41) is 12.0. The summed E-state index contributed by atoms with van der Waals surface area (Å²) in [5.41, 5.74) is 1.47. The molecule has 0 saturated carbocycles. The Morgan fingerprint density at radius 3 is 3.00 bits per heavy atom. The van der Waals surface area contributed by atoms with Crippen LogP contribution < -0.4 is 5.32 Å². The summed E-state index contributed by atoms with van der Waals surface area (Å²) >= 11 is 5.95. The van der Waals surface area contributed by atoms with Gasteiger partial charge in [0.25, 0.3) is 5.91 Å². The van der Waals surface area contributed by atoms with Crippen LogP contribution in [0.15, 0.2) is 30.7 Å². The predicted molar refractivity (Wildman–Crippen MR) is 81.2 cm³/mol. The molecule has 2 N–H and O–H groups in total. The van der Waals surface area contributed by atoms with Crippen molar-refractivity contribution in [1.29, 1.82) is 0 Å². The highest BCUT2D eigenvalue weighted by Crippen LogP contribution is 2.21. The summed E-state index contributed by atoms with van der Waals surface area (Å²) in [5.74, 6) is 5.38. The van der Waals surface area contributed by atoms with E-state index in [1.54, 1.807) is 42.3 Å². The Morgan fingerprint density at radius 2 is 2.33 bits per heavy atom. The second-order valence-electron chi connectivity index (χ2n) is 4.34. The van der Waals surface area contributed by atoms with Crippen molar-refractivity contribution in [3.05, 3.63) is 47.0 Å². The number of carbonyl (C=O) groups is 1. The van der Waals surface area contributed by atoms with Crippen LogP contribution in [-0.2, 0) is 7.05 Å². The number of rotatable bonds is 3. The molecule has 0 spiro atoms. The molecule has 21 heavy (non-hydrogen) atoms. The van der Waals surface area contributed by atoms with Crippen molar-refractivity contribution < 1.29 is 9.90 Å². The van der Waals surface area contributed by atoms with E-state index in [0.717, 1.165) is 0 Å². The minimum atomic E-state index is -0.330. The van der Waals surface area contributed by atoms with Gasteiger partial charge in [-0.1, -0.05) is 23.4 Å². The normalized spacial score (nSPS) is 9.86. The molecule has 0 fully saturated rings. The summed E-state index contributed by atoms with van der Waals surface area (Å²) < 4.78 is 1.69. The van der Waals surface area contributed by atoms with Crippen LogP contribution in [0, 0.1) is 11.8 Å². The first-order valence-corrected chi connectivity index (χ1v) is 6.66. The highest BCUT2D eigenvalue weighted by Gasteiger charge is 2.11. The van der Waals surface area contributed by atoms with Crippen LogP contribution in [0.2, 0.25) is 5.02 Å². The molecule has 0 radical (unpaired) electrons. The monoisotopic (exact) mass is 303 g/mol. The zero-order valence-corrected chi connectivity index (χ0v) is 12.2. The van der Waals surface area contributed by atoms with Crippen molar-refractivity contribution in [2.75, 3.05) is 11.9 Å². The van der Waals surface area contributed by atoms with Gasteiger partial charge in [0, 0.05) is 30.3 Å². The minimum Gasteiger partial charge on any atom is -0.395 e. The molecular formula is C15H14ClN3O2. The molecule has 0 unspecified atom stereocenters. The molecule has 0 aliphatic carbocycles. The smallest absolute Gasteiger partial charge is 0.275 e. The van der Waals surface area contributed by atoms with Crippen LogP contribution in [0.4, 0.5) is 5.69 Å². The molecule has 2 aromatic rings.